The summed E-state index contributed by atoms with van der Waals surface area (Å²) in [6.07, 6.45) is 1.94. The molecule has 1 aliphatic rings. The molecule has 1 aromatic rings. The van der Waals surface area contributed by atoms with Crippen molar-refractivity contribution in [2.24, 2.45) is 0 Å². The number of hydrogen-bond donors (Lipinski definition) is 3. The van der Waals surface area contributed by atoms with Crippen molar-refractivity contribution in [2.75, 3.05) is 51.3 Å². The molecule has 1 aromatic carbocycles. The molecule has 0 saturated carbocycles. The first kappa shape index (κ1) is 20.7. The van der Waals surface area contributed by atoms with Gasteiger partial charge in [-0.25, -0.2) is 4.79 Å². The highest BCUT2D eigenvalue weighted by Gasteiger charge is 2.10. The van der Waals surface area contributed by atoms with E-state index in [2.05, 4.69) is 36.8 Å². The van der Waals surface area contributed by atoms with Crippen molar-refractivity contribution >= 4 is 33.6 Å². The summed E-state index contributed by atoms with van der Waals surface area (Å²) < 4.78 is 6.27. The number of anilines is 1. The van der Waals surface area contributed by atoms with Crippen molar-refractivity contribution < 1.29 is 14.3 Å². The number of aryl methyl sites for hydroxylation is 1. The second kappa shape index (κ2) is 11.2. The lowest BCUT2D eigenvalue weighted by molar-refractivity contribution is -0.115. The van der Waals surface area contributed by atoms with Gasteiger partial charge in [0, 0.05) is 29.8 Å². The van der Waals surface area contributed by atoms with Crippen LogP contribution in [0.2, 0.25) is 0 Å². The summed E-state index contributed by atoms with van der Waals surface area (Å²) >= 11 is 3.38. The Morgan fingerprint density at radius 2 is 1.96 bits per heavy atom. The summed E-state index contributed by atoms with van der Waals surface area (Å²) in [5.41, 5.74) is 1.70. The Morgan fingerprint density at radius 3 is 2.69 bits per heavy atom. The molecule has 1 aliphatic heterocycles. The topological polar surface area (TPSA) is 82.7 Å². The van der Waals surface area contributed by atoms with Gasteiger partial charge >= 0.3 is 6.03 Å². The zero-order valence-corrected chi connectivity index (χ0v) is 16.7. The molecule has 0 aromatic heterocycles. The summed E-state index contributed by atoms with van der Waals surface area (Å²) in [5.74, 6) is -0.252. The van der Waals surface area contributed by atoms with Crippen molar-refractivity contribution in [2.45, 2.75) is 19.8 Å². The molecule has 1 saturated heterocycles. The second-order valence-corrected chi connectivity index (χ2v) is 7.19. The van der Waals surface area contributed by atoms with Crippen LogP contribution in [0.5, 0.6) is 0 Å². The molecule has 1 heterocycles. The van der Waals surface area contributed by atoms with Crippen molar-refractivity contribution in [3.05, 3.63) is 28.2 Å². The van der Waals surface area contributed by atoms with E-state index in [4.69, 9.17) is 4.74 Å². The number of halogens is 1. The van der Waals surface area contributed by atoms with E-state index in [9.17, 15) is 9.59 Å². The fraction of sp³-hybridized carbons (Fsp3) is 0.556. The molecular formula is C18H27BrN4O3. The summed E-state index contributed by atoms with van der Waals surface area (Å²) in [6.45, 7) is 7.07. The molecule has 0 radical (unpaired) electrons. The van der Waals surface area contributed by atoms with E-state index in [1.807, 2.05) is 25.1 Å². The number of benzene rings is 1. The third-order valence-electron chi connectivity index (χ3n) is 4.16. The zero-order valence-electron chi connectivity index (χ0n) is 15.1. The summed E-state index contributed by atoms with van der Waals surface area (Å²) in [6, 6.07) is 5.29. The lowest BCUT2D eigenvalue weighted by Gasteiger charge is -2.26. The number of urea groups is 1. The Kier molecular flexibility index (Phi) is 8.87. The van der Waals surface area contributed by atoms with Gasteiger partial charge in [-0.3, -0.25) is 9.69 Å². The number of carbonyl (C=O) groups is 2. The van der Waals surface area contributed by atoms with Crippen LogP contribution in [-0.2, 0) is 9.53 Å². The minimum atomic E-state index is -0.320. The fourth-order valence-corrected chi connectivity index (χ4v) is 3.15. The Hall–Kier alpha value is -1.64. The van der Waals surface area contributed by atoms with E-state index < -0.39 is 0 Å². The van der Waals surface area contributed by atoms with Gasteiger partial charge in [0.05, 0.1) is 19.8 Å². The van der Waals surface area contributed by atoms with Gasteiger partial charge in [0.1, 0.15) is 0 Å². The number of rotatable bonds is 8. The molecule has 0 atom stereocenters. The molecule has 0 aliphatic carbocycles. The molecule has 0 spiro atoms. The number of ether oxygens (including phenoxy) is 1. The van der Waals surface area contributed by atoms with Crippen LogP contribution in [0.15, 0.2) is 22.7 Å². The average Bonchev–Trinajstić information content (AvgIpc) is 2.63. The van der Waals surface area contributed by atoms with Crippen LogP contribution in [0, 0.1) is 6.92 Å². The number of nitrogens with zero attached hydrogens (tertiary/aromatic N) is 1. The largest absolute Gasteiger partial charge is 0.379 e. The number of morpholine rings is 1. The smallest absolute Gasteiger partial charge is 0.315 e. The highest BCUT2D eigenvalue weighted by Crippen LogP contribution is 2.19. The first-order valence-electron chi connectivity index (χ1n) is 8.92. The van der Waals surface area contributed by atoms with Gasteiger partial charge in [-0.15, -0.1) is 0 Å². The highest BCUT2D eigenvalue weighted by molar-refractivity contribution is 9.10. The maximum Gasteiger partial charge on any atom is 0.315 e. The second-order valence-electron chi connectivity index (χ2n) is 6.28. The van der Waals surface area contributed by atoms with E-state index in [1.54, 1.807) is 0 Å². The molecule has 2 rings (SSSR count). The van der Waals surface area contributed by atoms with Crippen LogP contribution in [0.1, 0.15) is 18.4 Å². The summed E-state index contributed by atoms with van der Waals surface area (Å²) in [4.78, 5) is 26.0. The van der Waals surface area contributed by atoms with Crippen LogP contribution in [0.4, 0.5) is 10.5 Å². The molecule has 26 heavy (non-hydrogen) atoms. The predicted molar refractivity (Wildman–Crippen MR) is 105 cm³/mol. The van der Waals surface area contributed by atoms with Crippen LogP contribution in [0.25, 0.3) is 0 Å². The Morgan fingerprint density at radius 1 is 1.19 bits per heavy atom. The van der Waals surface area contributed by atoms with Gasteiger partial charge in [-0.05, 0) is 50.1 Å². The molecule has 0 unspecified atom stereocenters. The Balaban J connectivity index is 1.54. The van der Waals surface area contributed by atoms with Gasteiger partial charge in [-0.1, -0.05) is 15.9 Å². The Bertz CT molecular complexity index is 606. The monoisotopic (exact) mass is 426 g/mol. The van der Waals surface area contributed by atoms with Gasteiger partial charge in [0.25, 0.3) is 0 Å². The van der Waals surface area contributed by atoms with Crippen LogP contribution in [-0.4, -0.2) is 62.8 Å². The molecule has 3 amide bonds. The lowest BCUT2D eigenvalue weighted by atomic mass is 10.2. The molecule has 3 N–H and O–H groups in total. The van der Waals surface area contributed by atoms with Gasteiger partial charge < -0.3 is 20.7 Å². The summed E-state index contributed by atoms with van der Waals surface area (Å²) in [7, 11) is 0. The highest BCUT2D eigenvalue weighted by atomic mass is 79.9. The van der Waals surface area contributed by atoms with Gasteiger partial charge in [-0.2, -0.15) is 0 Å². The maximum absolute atomic E-state index is 11.9. The molecule has 7 nitrogen and oxygen atoms in total. The minimum absolute atomic E-state index is 0.0604. The predicted octanol–water partition coefficient (Wildman–Crippen LogP) is 2.11. The first-order chi connectivity index (χ1) is 12.5. The maximum atomic E-state index is 11.9. The van der Waals surface area contributed by atoms with Crippen molar-refractivity contribution in [1.82, 2.24) is 15.5 Å². The SMILES string of the molecule is Cc1cc(Br)ccc1NC(=O)CNC(=O)NCCCCN1CCOCC1. The standard InChI is InChI=1S/C18H27BrN4O3/c1-14-12-15(19)4-5-16(14)22-17(24)13-21-18(25)20-6-2-3-7-23-8-10-26-11-9-23/h4-5,12H,2-3,6-11,13H2,1H3,(H,22,24)(H2,20,21,25). The normalized spacial score (nSPS) is 14.7. The number of amides is 3. The van der Waals surface area contributed by atoms with Gasteiger partial charge in [0.15, 0.2) is 0 Å². The number of carbonyl (C=O) groups excluding carboxylic acids is 2. The number of unbranched alkanes of at least 4 members (excludes halogenated alkanes) is 1. The van der Waals surface area contributed by atoms with Crippen LogP contribution < -0.4 is 16.0 Å². The van der Waals surface area contributed by atoms with Crippen molar-refractivity contribution in [1.29, 1.82) is 0 Å². The average molecular weight is 427 g/mol. The molecule has 0 bridgehead atoms. The van der Waals surface area contributed by atoms with Crippen molar-refractivity contribution in [3.63, 3.8) is 0 Å². The van der Waals surface area contributed by atoms with Crippen LogP contribution in [0.3, 0.4) is 0 Å². The molecule has 8 heteroatoms. The van der Waals surface area contributed by atoms with E-state index in [-0.39, 0.29) is 18.5 Å². The third-order valence-corrected chi connectivity index (χ3v) is 4.66. The molecule has 1 fully saturated rings. The summed E-state index contributed by atoms with van der Waals surface area (Å²) in [5, 5.41) is 8.14. The van der Waals surface area contributed by atoms with E-state index >= 15 is 0 Å². The van der Waals surface area contributed by atoms with Crippen molar-refractivity contribution in [3.8, 4) is 0 Å². The quantitative estimate of drug-likeness (QED) is 0.555. The molecule has 144 valence electrons. The third kappa shape index (κ3) is 7.72. The lowest BCUT2D eigenvalue weighted by Crippen LogP contribution is -2.40. The van der Waals surface area contributed by atoms with E-state index in [0.29, 0.717) is 6.54 Å². The number of nitrogens with one attached hydrogen (secondary N) is 3. The zero-order chi connectivity index (χ0) is 18.8. The Labute approximate surface area is 163 Å². The minimum Gasteiger partial charge on any atom is -0.379 e. The van der Waals surface area contributed by atoms with Gasteiger partial charge in [0.2, 0.25) is 5.91 Å². The number of hydrogen-bond acceptors (Lipinski definition) is 4. The van der Waals surface area contributed by atoms with E-state index in [1.165, 1.54) is 0 Å². The fourth-order valence-electron chi connectivity index (χ4n) is 2.67. The first-order valence-corrected chi connectivity index (χ1v) is 9.71. The van der Waals surface area contributed by atoms with Crippen LogP contribution >= 0.6 is 15.9 Å². The van der Waals surface area contributed by atoms with E-state index in [0.717, 1.165) is 61.4 Å². The molecular weight excluding hydrogens is 400 g/mol.